The molecule has 0 aromatic heterocycles. The number of halogens is 2. The fourth-order valence-electron chi connectivity index (χ4n) is 3.80. The molecule has 1 aliphatic heterocycles. The molecule has 1 amide bonds. The van der Waals surface area contributed by atoms with E-state index < -0.39 is 42.6 Å². The summed E-state index contributed by atoms with van der Waals surface area (Å²) in [5.74, 6) is -3.97. The van der Waals surface area contributed by atoms with Crippen molar-refractivity contribution in [1.82, 2.24) is 4.90 Å². The van der Waals surface area contributed by atoms with E-state index in [-0.39, 0.29) is 24.3 Å². The number of carbonyl (C=O) groups excluding carboxylic acids is 1. The molecule has 30 heavy (non-hydrogen) atoms. The predicted octanol–water partition coefficient (Wildman–Crippen LogP) is 2.24. The van der Waals surface area contributed by atoms with Crippen LogP contribution in [0.3, 0.4) is 0 Å². The molecule has 0 unspecified atom stereocenters. The monoisotopic (exact) mass is 417 g/mol. The molecule has 2 N–H and O–H groups in total. The lowest BCUT2D eigenvalue weighted by Crippen LogP contribution is -2.48. The highest BCUT2D eigenvalue weighted by Gasteiger charge is 2.36. The van der Waals surface area contributed by atoms with Crippen LogP contribution in [0.25, 0.3) is 0 Å². The Labute approximate surface area is 173 Å². The maximum Gasteiger partial charge on any atom is 0.492 e. The average Bonchev–Trinajstić information content (AvgIpc) is 3.04. The molecule has 1 aliphatic rings. The number of benzene rings is 2. The normalized spacial score (nSPS) is 14.0. The van der Waals surface area contributed by atoms with Crippen molar-refractivity contribution in [2.75, 3.05) is 0 Å². The van der Waals surface area contributed by atoms with Crippen molar-refractivity contribution in [1.29, 1.82) is 0 Å². The van der Waals surface area contributed by atoms with E-state index in [1.165, 1.54) is 6.07 Å². The third-order valence-corrected chi connectivity index (χ3v) is 5.32. The van der Waals surface area contributed by atoms with Crippen LogP contribution in [0, 0.1) is 24.5 Å². The number of hydrogen-bond donors (Lipinski definition) is 2. The zero-order chi connectivity index (χ0) is 22.2. The molecule has 1 atom stereocenters. The second kappa shape index (κ2) is 8.53. The van der Waals surface area contributed by atoms with Gasteiger partial charge in [0.1, 0.15) is 17.7 Å². The van der Waals surface area contributed by atoms with Crippen LogP contribution < -0.4 is 5.46 Å². The summed E-state index contributed by atoms with van der Waals surface area (Å²) in [7, 11) is -1.17. The van der Waals surface area contributed by atoms with Crippen molar-refractivity contribution >= 4 is 24.5 Å². The molecule has 3 rings (SSSR count). The molecule has 0 aliphatic carbocycles. The lowest BCUT2D eigenvalue weighted by atomic mass is 9.75. The third-order valence-electron chi connectivity index (χ3n) is 5.32. The molecule has 2 aromatic rings. The van der Waals surface area contributed by atoms with Gasteiger partial charge in [-0.05, 0) is 41.6 Å². The molecule has 0 radical (unpaired) electrons. The zero-order valence-electron chi connectivity index (χ0n) is 16.9. The highest BCUT2D eigenvalue weighted by molar-refractivity contribution is 6.62. The lowest BCUT2D eigenvalue weighted by molar-refractivity contribution is -0.144. The number of carboxylic acids is 1. The van der Waals surface area contributed by atoms with Crippen molar-refractivity contribution in [2.24, 2.45) is 5.92 Å². The molecule has 0 bridgehead atoms. The lowest BCUT2D eigenvalue weighted by Gasteiger charge is -2.32. The van der Waals surface area contributed by atoms with E-state index >= 15 is 0 Å². The molecule has 0 saturated carbocycles. The van der Waals surface area contributed by atoms with E-state index in [0.29, 0.717) is 17.1 Å². The summed E-state index contributed by atoms with van der Waals surface area (Å²) in [5, 5.41) is 19.8. The fourth-order valence-corrected chi connectivity index (χ4v) is 3.80. The predicted molar refractivity (Wildman–Crippen MR) is 106 cm³/mol. The minimum Gasteiger partial charge on any atom is -0.480 e. The third kappa shape index (κ3) is 4.08. The molecule has 0 fully saturated rings. The van der Waals surface area contributed by atoms with Crippen molar-refractivity contribution in [3.05, 3.63) is 64.2 Å². The second-order valence-corrected chi connectivity index (χ2v) is 7.67. The SMILES string of the molecule is Cc1c(C(=O)N(Cc2ccc(F)cc2F)[C@H](C(=O)O)C(C)C)ccc2c1B(O)OC2. The molecular weight excluding hydrogens is 395 g/mol. The van der Waals surface area contributed by atoms with Gasteiger partial charge >= 0.3 is 13.1 Å². The van der Waals surface area contributed by atoms with E-state index in [4.69, 9.17) is 4.65 Å². The van der Waals surface area contributed by atoms with Gasteiger partial charge in [-0.1, -0.05) is 26.0 Å². The maximum absolute atomic E-state index is 14.3. The Morgan fingerprint density at radius 3 is 2.53 bits per heavy atom. The smallest absolute Gasteiger partial charge is 0.480 e. The number of fused-ring (bicyclic) bond motifs is 1. The van der Waals surface area contributed by atoms with Crippen LogP contribution in [-0.4, -0.2) is 40.1 Å². The van der Waals surface area contributed by atoms with Gasteiger partial charge in [-0.15, -0.1) is 0 Å². The Kier molecular flexibility index (Phi) is 6.23. The topological polar surface area (TPSA) is 87.1 Å². The summed E-state index contributed by atoms with van der Waals surface area (Å²) in [6.45, 7) is 4.79. The summed E-state index contributed by atoms with van der Waals surface area (Å²) in [5.41, 5.74) is 1.88. The maximum atomic E-state index is 14.3. The molecule has 1 heterocycles. The minimum absolute atomic E-state index is 0.00108. The summed E-state index contributed by atoms with van der Waals surface area (Å²) >= 11 is 0. The summed E-state index contributed by atoms with van der Waals surface area (Å²) in [6, 6.07) is 4.89. The molecule has 9 heteroatoms. The van der Waals surface area contributed by atoms with Gasteiger partial charge in [0.2, 0.25) is 0 Å². The Bertz CT molecular complexity index is 998. The Hall–Kier alpha value is -2.78. The molecule has 0 spiro atoms. The number of carboxylic acid groups (broad SMARTS) is 1. The van der Waals surface area contributed by atoms with Crippen LogP contribution in [0.2, 0.25) is 0 Å². The van der Waals surface area contributed by atoms with Crippen molar-refractivity contribution in [2.45, 2.75) is 40.0 Å². The van der Waals surface area contributed by atoms with Crippen LogP contribution in [0.5, 0.6) is 0 Å². The molecule has 2 aromatic carbocycles. The van der Waals surface area contributed by atoms with Gasteiger partial charge in [0.05, 0.1) is 6.61 Å². The van der Waals surface area contributed by atoms with Crippen LogP contribution >= 0.6 is 0 Å². The van der Waals surface area contributed by atoms with E-state index in [1.54, 1.807) is 32.9 Å². The van der Waals surface area contributed by atoms with Gasteiger partial charge in [-0.3, -0.25) is 4.79 Å². The number of nitrogens with zero attached hydrogens (tertiary/aromatic N) is 1. The van der Waals surface area contributed by atoms with Crippen LogP contribution in [0.1, 0.15) is 40.9 Å². The standard InChI is InChI=1S/C21H22BF2NO5/c1-11(2)19(21(27)28)25(9-13-4-6-15(23)8-17(13)24)20(26)16-7-5-14-10-30-22(29)18(14)12(16)3/h4-8,11,19,29H,9-10H2,1-3H3,(H,27,28)/t19-/m0/s1. The minimum atomic E-state index is -1.24. The van der Waals surface area contributed by atoms with Gasteiger partial charge in [0, 0.05) is 23.7 Å². The first-order chi connectivity index (χ1) is 14.1. The summed E-state index contributed by atoms with van der Waals surface area (Å²) < 4.78 is 32.8. The molecule has 6 nitrogen and oxygen atoms in total. The fraction of sp³-hybridized carbons (Fsp3) is 0.333. The number of hydrogen-bond acceptors (Lipinski definition) is 4. The Morgan fingerprint density at radius 2 is 1.93 bits per heavy atom. The van der Waals surface area contributed by atoms with Crippen LogP contribution in [0.4, 0.5) is 8.78 Å². The van der Waals surface area contributed by atoms with E-state index in [1.807, 2.05) is 0 Å². The van der Waals surface area contributed by atoms with Gasteiger partial charge in [-0.2, -0.15) is 0 Å². The number of aliphatic carboxylic acids is 1. The average molecular weight is 417 g/mol. The van der Waals surface area contributed by atoms with Gasteiger partial charge in [0.25, 0.3) is 5.91 Å². The largest absolute Gasteiger partial charge is 0.492 e. The highest BCUT2D eigenvalue weighted by Crippen LogP contribution is 2.23. The summed E-state index contributed by atoms with van der Waals surface area (Å²) in [6.07, 6.45) is 0. The van der Waals surface area contributed by atoms with Crippen LogP contribution in [0.15, 0.2) is 30.3 Å². The zero-order valence-corrected chi connectivity index (χ0v) is 16.9. The van der Waals surface area contributed by atoms with E-state index in [2.05, 4.69) is 0 Å². The second-order valence-electron chi connectivity index (χ2n) is 7.67. The first-order valence-electron chi connectivity index (χ1n) is 9.51. The number of amides is 1. The quantitative estimate of drug-likeness (QED) is 0.705. The highest BCUT2D eigenvalue weighted by atomic mass is 19.1. The van der Waals surface area contributed by atoms with Crippen LogP contribution in [-0.2, 0) is 22.6 Å². The first kappa shape index (κ1) is 21.9. The molecule has 0 saturated heterocycles. The van der Waals surface area contributed by atoms with Crippen molar-refractivity contribution in [3.8, 4) is 0 Å². The van der Waals surface area contributed by atoms with Crippen molar-refractivity contribution in [3.63, 3.8) is 0 Å². The van der Waals surface area contributed by atoms with E-state index in [0.717, 1.165) is 16.5 Å². The van der Waals surface area contributed by atoms with E-state index in [9.17, 15) is 28.5 Å². The van der Waals surface area contributed by atoms with Gasteiger partial charge in [-0.25, -0.2) is 13.6 Å². The summed E-state index contributed by atoms with van der Waals surface area (Å²) in [4.78, 5) is 26.5. The van der Waals surface area contributed by atoms with Gasteiger partial charge < -0.3 is 19.7 Å². The first-order valence-corrected chi connectivity index (χ1v) is 9.51. The Morgan fingerprint density at radius 1 is 1.23 bits per heavy atom. The van der Waals surface area contributed by atoms with Crippen molar-refractivity contribution < 1.29 is 33.2 Å². The molecule has 158 valence electrons. The number of rotatable bonds is 6. The molecular formula is C21H22BF2NO5. The Balaban J connectivity index is 2.07. The number of carbonyl (C=O) groups is 2. The van der Waals surface area contributed by atoms with Gasteiger partial charge in [0.15, 0.2) is 0 Å².